The molecule has 0 bridgehead atoms. The summed E-state index contributed by atoms with van der Waals surface area (Å²) in [5, 5.41) is 21.3. The number of halogens is 2. The third-order valence-corrected chi connectivity index (χ3v) is 2.73. The van der Waals surface area contributed by atoms with Crippen molar-refractivity contribution in [2.24, 2.45) is 0 Å². The molecule has 0 aliphatic carbocycles. The Labute approximate surface area is 117 Å². The molecule has 0 saturated heterocycles. The maximum absolute atomic E-state index is 13.6. The lowest BCUT2D eigenvalue weighted by Crippen LogP contribution is -2.36. The van der Waals surface area contributed by atoms with Gasteiger partial charge in [0.15, 0.2) is 0 Å². The molecule has 0 aromatic heterocycles. The van der Waals surface area contributed by atoms with Crippen LogP contribution in [-0.2, 0) is 4.79 Å². The summed E-state index contributed by atoms with van der Waals surface area (Å²) in [5.74, 6) is -4.80. The van der Waals surface area contributed by atoms with Crippen LogP contribution in [0, 0.1) is 21.7 Å². The van der Waals surface area contributed by atoms with Gasteiger partial charge in [0.1, 0.15) is 5.82 Å². The van der Waals surface area contributed by atoms with E-state index in [0.717, 1.165) is 0 Å². The third-order valence-electron chi connectivity index (χ3n) is 2.73. The lowest BCUT2D eigenvalue weighted by atomic mass is 10.1. The number of nitrogens with one attached hydrogen (secondary N) is 1. The molecule has 1 rings (SSSR count). The number of nitrogens with zero attached hydrogens (tertiary/aromatic N) is 1. The number of benzene rings is 1. The Hall–Kier alpha value is -2.58. The first-order chi connectivity index (χ1) is 9.76. The number of carboxylic acid groups (broad SMARTS) is 1. The second-order valence-electron chi connectivity index (χ2n) is 4.22. The highest BCUT2D eigenvalue weighted by Crippen LogP contribution is 2.21. The smallest absolute Gasteiger partial charge is 0.307 e. The van der Waals surface area contributed by atoms with Crippen LogP contribution in [0.4, 0.5) is 14.5 Å². The number of hydrogen-bond donors (Lipinski definition) is 2. The third kappa shape index (κ3) is 4.20. The minimum atomic E-state index is -1.35. The highest BCUT2D eigenvalue weighted by atomic mass is 19.1. The maximum Gasteiger partial charge on any atom is 0.307 e. The molecular formula is C12H12F2N2O5. The topological polar surface area (TPSA) is 110 Å². The molecule has 1 atom stereocenters. The fourth-order valence-electron chi connectivity index (χ4n) is 1.62. The van der Waals surface area contributed by atoms with Gasteiger partial charge in [0, 0.05) is 6.04 Å². The van der Waals surface area contributed by atoms with Gasteiger partial charge in [-0.15, -0.1) is 0 Å². The predicted octanol–water partition coefficient (Wildman–Crippen LogP) is 1.86. The predicted molar refractivity (Wildman–Crippen MR) is 66.8 cm³/mol. The van der Waals surface area contributed by atoms with Gasteiger partial charge >= 0.3 is 11.7 Å². The van der Waals surface area contributed by atoms with Gasteiger partial charge in [0.25, 0.3) is 5.91 Å². The van der Waals surface area contributed by atoms with E-state index < -0.39 is 45.7 Å². The van der Waals surface area contributed by atoms with Crippen molar-refractivity contribution >= 4 is 17.6 Å². The van der Waals surface area contributed by atoms with Gasteiger partial charge in [-0.2, -0.15) is 4.39 Å². The number of nitro benzene ring substituents is 1. The fourth-order valence-corrected chi connectivity index (χ4v) is 1.62. The summed E-state index contributed by atoms with van der Waals surface area (Å²) in [4.78, 5) is 31.7. The summed E-state index contributed by atoms with van der Waals surface area (Å²) >= 11 is 0. The summed E-state index contributed by atoms with van der Waals surface area (Å²) in [6.07, 6.45) is -0.103. The number of amides is 1. The zero-order valence-electron chi connectivity index (χ0n) is 10.9. The van der Waals surface area contributed by atoms with Crippen molar-refractivity contribution in [1.29, 1.82) is 0 Å². The average molecular weight is 302 g/mol. The van der Waals surface area contributed by atoms with Crippen LogP contribution in [0.25, 0.3) is 0 Å². The Morgan fingerprint density at radius 2 is 2.00 bits per heavy atom. The second kappa shape index (κ2) is 6.73. The standard InChI is InChI=1S/C12H12F2N2O5/c1-2-6(3-11(17)18)15-12(19)7-4-9(14)10(16(20)21)5-8(7)13/h4-6H,2-3H2,1H3,(H,15,19)(H,17,18). The summed E-state index contributed by atoms with van der Waals surface area (Å²) in [5.41, 5.74) is -1.80. The minimum Gasteiger partial charge on any atom is -0.481 e. The molecule has 2 N–H and O–H groups in total. The summed E-state index contributed by atoms with van der Waals surface area (Å²) in [7, 11) is 0. The highest BCUT2D eigenvalue weighted by molar-refractivity contribution is 5.95. The number of hydrogen-bond acceptors (Lipinski definition) is 4. The van der Waals surface area contributed by atoms with E-state index in [0.29, 0.717) is 12.1 Å². The van der Waals surface area contributed by atoms with Gasteiger partial charge in [0.2, 0.25) is 5.82 Å². The molecule has 7 nitrogen and oxygen atoms in total. The van der Waals surface area contributed by atoms with Crippen LogP contribution in [0.5, 0.6) is 0 Å². The van der Waals surface area contributed by atoms with E-state index in [9.17, 15) is 28.5 Å². The van der Waals surface area contributed by atoms with E-state index in [2.05, 4.69) is 5.32 Å². The summed E-state index contributed by atoms with van der Waals surface area (Å²) < 4.78 is 27.0. The minimum absolute atomic E-state index is 0.273. The van der Waals surface area contributed by atoms with Crippen molar-refractivity contribution in [2.75, 3.05) is 0 Å². The van der Waals surface area contributed by atoms with Crippen molar-refractivity contribution in [3.63, 3.8) is 0 Å². The van der Waals surface area contributed by atoms with Gasteiger partial charge in [-0.25, -0.2) is 4.39 Å². The molecule has 1 amide bonds. The molecule has 9 heteroatoms. The van der Waals surface area contributed by atoms with Gasteiger partial charge < -0.3 is 10.4 Å². The van der Waals surface area contributed by atoms with E-state index >= 15 is 0 Å². The number of aliphatic carboxylic acids is 1. The molecule has 0 aliphatic heterocycles. The number of rotatable bonds is 6. The normalized spacial score (nSPS) is 11.8. The SMILES string of the molecule is CCC(CC(=O)O)NC(=O)c1cc(F)c([N+](=O)[O-])cc1F. The molecule has 0 spiro atoms. The van der Waals surface area contributed by atoms with Crippen LogP contribution in [0.3, 0.4) is 0 Å². The molecule has 0 heterocycles. The van der Waals surface area contributed by atoms with E-state index in [-0.39, 0.29) is 12.8 Å². The van der Waals surface area contributed by atoms with Crippen LogP contribution in [0.2, 0.25) is 0 Å². The average Bonchev–Trinajstić information content (AvgIpc) is 2.39. The van der Waals surface area contributed by atoms with E-state index in [4.69, 9.17) is 5.11 Å². The molecule has 1 unspecified atom stereocenters. The zero-order chi connectivity index (χ0) is 16.2. The lowest BCUT2D eigenvalue weighted by Gasteiger charge is -2.15. The zero-order valence-corrected chi connectivity index (χ0v) is 10.9. The van der Waals surface area contributed by atoms with Crippen LogP contribution < -0.4 is 5.32 Å². The Balaban J connectivity index is 3.00. The van der Waals surface area contributed by atoms with Crippen LogP contribution in [0.15, 0.2) is 12.1 Å². The number of carbonyl (C=O) groups excluding carboxylic acids is 1. The molecular weight excluding hydrogens is 290 g/mol. The number of nitro groups is 1. The Morgan fingerprint density at radius 3 is 2.48 bits per heavy atom. The molecule has 1 aromatic carbocycles. The summed E-state index contributed by atoms with van der Waals surface area (Å²) in [6.45, 7) is 1.61. The molecule has 1 aromatic rings. The number of carboxylic acids is 1. The molecule has 114 valence electrons. The summed E-state index contributed by atoms with van der Waals surface area (Å²) in [6, 6.07) is -0.0359. The van der Waals surface area contributed by atoms with Crippen LogP contribution in [-0.4, -0.2) is 27.9 Å². The maximum atomic E-state index is 13.6. The molecule has 0 radical (unpaired) electrons. The second-order valence-corrected chi connectivity index (χ2v) is 4.22. The van der Waals surface area contributed by atoms with Gasteiger partial charge in [-0.3, -0.25) is 19.7 Å². The lowest BCUT2D eigenvalue weighted by molar-refractivity contribution is -0.387. The largest absolute Gasteiger partial charge is 0.481 e. The first-order valence-corrected chi connectivity index (χ1v) is 5.92. The van der Waals surface area contributed by atoms with Crippen molar-refractivity contribution < 1.29 is 28.4 Å². The fraction of sp³-hybridized carbons (Fsp3) is 0.333. The van der Waals surface area contributed by atoms with E-state index in [1.807, 2.05) is 0 Å². The van der Waals surface area contributed by atoms with Crippen molar-refractivity contribution in [3.8, 4) is 0 Å². The van der Waals surface area contributed by atoms with Crippen molar-refractivity contribution in [1.82, 2.24) is 5.32 Å². The van der Waals surface area contributed by atoms with Crippen LogP contribution in [0.1, 0.15) is 30.1 Å². The van der Waals surface area contributed by atoms with Crippen LogP contribution >= 0.6 is 0 Å². The first kappa shape index (κ1) is 16.5. The van der Waals surface area contributed by atoms with Crippen molar-refractivity contribution in [3.05, 3.63) is 39.4 Å². The monoisotopic (exact) mass is 302 g/mol. The first-order valence-electron chi connectivity index (χ1n) is 5.92. The van der Waals surface area contributed by atoms with Gasteiger partial charge in [0.05, 0.1) is 23.0 Å². The quantitative estimate of drug-likeness (QED) is 0.615. The molecule has 0 fully saturated rings. The molecule has 0 saturated carbocycles. The van der Waals surface area contributed by atoms with E-state index in [1.54, 1.807) is 6.92 Å². The molecule has 0 aliphatic rings. The molecule has 21 heavy (non-hydrogen) atoms. The van der Waals surface area contributed by atoms with Crippen molar-refractivity contribution in [2.45, 2.75) is 25.8 Å². The van der Waals surface area contributed by atoms with E-state index in [1.165, 1.54) is 0 Å². The Morgan fingerprint density at radius 1 is 1.38 bits per heavy atom. The Kier molecular flexibility index (Phi) is 5.28. The van der Waals surface area contributed by atoms with Gasteiger partial charge in [-0.1, -0.05) is 6.92 Å². The van der Waals surface area contributed by atoms with Gasteiger partial charge in [-0.05, 0) is 12.5 Å². The highest BCUT2D eigenvalue weighted by Gasteiger charge is 2.23. The Bertz CT molecular complexity index is 591. The number of carbonyl (C=O) groups is 2.